The molecule has 2 N–H and O–H groups in total. The molecule has 4 rings (SSSR count). The summed E-state index contributed by atoms with van der Waals surface area (Å²) >= 11 is 0. The molecule has 178 valence electrons. The maximum atomic E-state index is 13.1. The number of rotatable bonds is 6. The van der Waals surface area contributed by atoms with Crippen molar-refractivity contribution in [2.24, 2.45) is 0 Å². The molecule has 0 saturated heterocycles. The number of ether oxygens (including phenoxy) is 2. The van der Waals surface area contributed by atoms with Crippen molar-refractivity contribution < 1.29 is 28.2 Å². The van der Waals surface area contributed by atoms with Gasteiger partial charge in [-0.25, -0.2) is 18.8 Å². The number of amides is 2. The van der Waals surface area contributed by atoms with E-state index in [2.05, 4.69) is 10.6 Å². The Kier molecular flexibility index (Phi) is 6.91. The predicted octanol–water partition coefficient (Wildman–Crippen LogP) is 4.76. The topological polar surface area (TPSA) is 93.7 Å². The van der Waals surface area contributed by atoms with E-state index in [0.29, 0.717) is 16.8 Å². The number of urea groups is 1. The van der Waals surface area contributed by atoms with E-state index in [1.165, 1.54) is 24.3 Å². The van der Waals surface area contributed by atoms with E-state index in [4.69, 9.17) is 9.47 Å². The number of halogens is 1. The van der Waals surface area contributed by atoms with Gasteiger partial charge < -0.3 is 20.1 Å². The largest absolute Gasteiger partial charge is 0.459 e. The van der Waals surface area contributed by atoms with E-state index in [1.54, 1.807) is 62.4 Å². The molecule has 7 nitrogen and oxygen atoms in total. The van der Waals surface area contributed by atoms with Crippen LogP contribution >= 0.6 is 0 Å². The first-order valence-corrected chi connectivity index (χ1v) is 11.0. The van der Waals surface area contributed by atoms with Crippen molar-refractivity contribution in [2.75, 3.05) is 0 Å². The summed E-state index contributed by atoms with van der Waals surface area (Å²) in [6.07, 6.45) is -0.362. The molecule has 0 aliphatic carbocycles. The van der Waals surface area contributed by atoms with Crippen LogP contribution < -0.4 is 15.4 Å². The normalized spacial score (nSPS) is 15.3. The van der Waals surface area contributed by atoms with Crippen LogP contribution in [0.2, 0.25) is 0 Å². The Bertz CT molecular complexity index is 1270. The third kappa shape index (κ3) is 5.55. The summed E-state index contributed by atoms with van der Waals surface area (Å²) in [4.78, 5) is 37.9. The van der Waals surface area contributed by atoms with Gasteiger partial charge in [0.15, 0.2) is 0 Å². The van der Waals surface area contributed by atoms with Gasteiger partial charge in [0.2, 0.25) is 0 Å². The van der Waals surface area contributed by atoms with Crippen molar-refractivity contribution in [2.45, 2.75) is 26.0 Å². The number of hydrogen-bond donors (Lipinski definition) is 2. The first kappa shape index (κ1) is 23.7. The van der Waals surface area contributed by atoms with Gasteiger partial charge in [0, 0.05) is 0 Å². The van der Waals surface area contributed by atoms with E-state index >= 15 is 0 Å². The number of benzene rings is 3. The van der Waals surface area contributed by atoms with E-state index in [1.807, 2.05) is 6.07 Å². The predicted molar refractivity (Wildman–Crippen MR) is 127 cm³/mol. The fourth-order valence-corrected chi connectivity index (χ4v) is 3.62. The van der Waals surface area contributed by atoms with Gasteiger partial charge in [-0.3, -0.25) is 0 Å². The van der Waals surface area contributed by atoms with Crippen LogP contribution in [0.15, 0.2) is 84.4 Å². The van der Waals surface area contributed by atoms with Gasteiger partial charge in [0.25, 0.3) is 0 Å². The highest BCUT2D eigenvalue weighted by atomic mass is 19.1. The molecular weight excluding hydrogens is 451 g/mol. The first-order valence-electron chi connectivity index (χ1n) is 11.0. The van der Waals surface area contributed by atoms with Crippen LogP contribution in [0.4, 0.5) is 9.18 Å². The lowest BCUT2D eigenvalue weighted by molar-refractivity contribution is -0.143. The van der Waals surface area contributed by atoms with Gasteiger partial charge in [0.1, 0.15) is 11.6 Å². The van der Waals surface area contributed by atoms with Crippen LogP contribution in [-0.2, 0) is 9.53 Å². The molecule has 0 bridgehead atoms. The SMILES string of the molecule is CC(C)OC(=O)C1=C(c2ccccc2)NC(=O)NC1c1ccc(OC(=O)c2ccc(F)cc2)cc1. The van der Waals surface area contributed by atoms with Gasteiger partial charge in [-0.15, -0.1) is 0 Å². The molecule has 0 spiro atoms. The average Bonchev–Trinajstić information content (AvgIpc) is 2.84. The lowest BCUT2D eigenvalue weighted by atomic mass is 9.92. The van der Waals surface area contributed by atoms with Crippen molar-refractivity contribution >= 4 is 23.7 Å². The lowest BCUT2D eigenvalue weighted by Crippen LogP contribution is -2.45. The van der Waals surface area contributed by atoms with Gasteiger partial charge in [0.05, 0.1) is 29.0 Å². The van der Waals surface area contributed by atoms with E-state index in [0.717, 1.165) is 0 Å². The number of carbonyl (C=O) groups excluding carboxylic acids is 3. The smallest absolute Gasteiger partial charge is 0.343 e. The monoisotopic (exact) mass is 474 g/mol. The molecule has 0 fully saturated rings. The fourth-order valence-electron chi connectivity index (χ4n) is 3.62. The maximum absolute atomic E-state index is 13.1. The van der Waals surface area contributed by atoms with Crippen LogP contribution in [0.5, 0.6) is 5.75 Å². The fraction of sp³-hybridized carbons (Fsp3) is 0.148. The molecule has 3 aromatic carbocycles. The molecule has 1 heterocycles. The number of esters is 2. The Hall–Kier alpha value is -4.46. The Balaban J connectivity index is 1.65. The second-order valence-electron chi connectivity index (χ2n) is 8.11. The van der Waals surface area contributed by atoms with Crippen LogP contribution in [0.25, 0.3) is 5.70 Å². The number of carbonyl (C=O) groups is 3. The average molecular weight is 474 g/mol. The van der Waals surface area contributed by atoms with Gasteiger partial charge in [-0.05, 0) is 61.4 Å². The molecule has 1 aliphatic heterocycles. The summed E-state index contributed by atoms with van der Waals surface area (Å²) in [6.45, 7) is 3.49. The second kappa shape index (κ2) is 10.2. The summed E-state index contributed by atoms with van der Waals surface area (Å²) in [5.74, 6) is -1.41. The van der Waals surface area contributed by atoms with E-state index in [9.17, 15) is 18.8 Å². The van der Waals surface area contributed by atoms with Crippen LogP contribution in [0, 0.1) is 5.82 Å². The Morgan fingerprint density at radius 2 is 1.54 bits per heavy atom. The molecule has 0 aromatic heterocycles. The summed E-state index contributed by atoms with van der Waals surface area (Å²) in [5, 5.41) is 5.50. The Morgan fingerprint density at radius 1 is 0.886 bits per heavy atom. The summed E-state index contributed by atoms with van der Waals surface area (Å²) in [6, 6.07) is 19.2. The van der Waals surface area contributed by atoms with Gasteiger partial charge in [-0.2, -0.15) is 0 Å². The maximum Gasteiger partial charge on any atom is 0.343 e. The zero-order chi connectivity index (χ0) is 24.9. The summed E-state index contributed by atoms with van der Waals surface area (Å²) in [5.41, 5.74) is 2.06. The van der Waals surface area contributed by atoms with Crippen molar-refractivity contribution in [1.82, 2.24) is 10.6 Å². The zero-order valence-corrected chi connectivity index (χ0v) is 19.1. The molecule has 2 amide bonds. The summed E-state index contributed by atoms with van der Waals surface area (Å²) in [7, 11) is 0. The lowest BCUT2D eigenvalue weighted by Gasteiger charge is -2.30. The van der Waals surface area contributed by atoms with Crippen molar-refractivity contribution in [3.8, 4) is 5.75 Å². The minimum absolute atomic E-state index is 0.204. The molecule has 1 unspecified atom stereocenters. The molecule has 8 heteroatoms. The molecular formula is C27H23FN2O5. The van der Waals surface area contributed by atoms with Crippen molar-refractivity contribution in [3.05, 3.63) is 107 Å². The van der Waals surface area contributed by atoms with Crippen molar-refractivity contribution in [1.29, 1.82) is 0 Å². The van der Waals surface area contributed by atoms with Crippen LogP contribution in [0.3, 0.4) is 0 Å². The third-order valence-corrected chi connectivity index (χ3v) is 5.20. The first-order chi connectivity index (χ1) is 16.8. The summed E-state index contributed by atoms with van der Waals surface area (Å²) < 4.78 is 23.9. The number of hydrogen-bond acceptors (Lipinski definition) is 5. The van der Waals surface area contributed by atoms with Crippen molar-refractivity contribution in [3.63, 3.8) is 0 Å². The van der Waals surface area contributed by atoms with Gasteiger partial charge >= 0.3 is 18.0 Å². The van der Waals surface area contributed by atoms with Crippen LogP contribution in [-0.4, -0.2) is 24.1 Å². The quantitative estimate of drug-likeness (QED) is 0.397. The highest BCUT2D eigenvalue weighted by molar-refractivity contribution is 6.04. The standard InChI is InChI=1S/C27H23FN2O5/c1-16(2)34-26(32)22-23(17-6-4-3-5-7-17)29-27(33)30-24(22)18-10-14-21(15-11-18)35-25(31)19-8-12-20(28)13-9-19/h3-16,24H,1-2H3,(H2,29,30,33). The van der Waals surface area contributed by atoms with E-state index < -0.39 is 29.8 Å². The highest BCUT2D eigenvalue weighted by Crippen LogP contribution is 2.33. The minimum Gasteiger partial charge on any atom is -0.459 e. The minimum atomic E-state index is -0.799. The second-order valence-corrected chi connectivity index (χ2v) is 8.11. The molecule has 0 radical (unpaired) electrons. The van der Waals surface area contributed by atoms with Gasteiger partial charge in [-0.1, -0.05) is 42.5 Å². The number of nitrogens with one attached hydrogen (secondary N) is 2. The Morgan fingerprint density at radius 3 is 2.17 bits per heavy atom. The zero-order valence-electron chi connectivity index (χ0n) is 19.1. The van der Waals surface area contributed by atoms with Crippen LogP contribution in [0.1, 0.15) is 41.4 Å². The molecule has 3 aromatic rings. The molecule has 35 heavy (non-hydrogen) atoms. The van der Waals surface area contributed by atoms with E-state index in [-0.39, 0.29) is 23.0 Å². The highest BCUT2D eigenvalue weighted by Gasteiger charge is 2.34. The molecule has 1 atom stereocenters. The third-order valence-electron chi connectivity index (χ3n) is 5.20. The molecule has 1 aliphatic rings. The molecule has 0 saturated carbocycles. The Labute approximate surface area is 201 Å².